The maximum Gasteiger partial charge on any atom is 0.472 e. The number of ether oxygens (including phenoxy) is 4. The Morgan fingerprint density at radius 1 is 0.269 bits per heavy atom. The summed E-state index contributed by atoms with van der Waals surface area (Å²) in [6.45, 7) is 4.60. The monoisotopic (exact) mass is 1550 g/mol. The van der Waals surface area contributed by atoms with Crippen molar-refractivity contribution in [3.8, 4) is 0 Å². The second-order valence-corrected chi connectivity index (χ2v) is 30.6. The highest BCUT2D eigenvalue weighted by molar-refractivity contribution is 7.47. The van der Waals surface area contributed by atoms with Crippen LogP contribution in [-0.4, -0.2) is 96.7 Å². The highest BCUT2D eigenvalue weighted by atomic mass is 31.2. The fourth-order valence-electron chi connectivity index (χ4n) is 10.9. The average Bonchev–Trinajstić information content (AvgIpc) is 0.900. The van der Waals surface area contributed by atoms with Crippen molar-refractivity contribution in [2.45, 2.75) is 354 Å². The SMILES string of the molecule is CC/C=C\C/C=C\C/C=C\C/C=C\C/C=C\CCCCCC(=O)O[C@H](COC(=O)CC/C=C\C/C=C\C/C=C\C/C=C\C/C=C\CCCCC)COP(=O)(O)OC[C@@H](O)COP(=O)(O)OC[C@@H](COC(=O)CCCCCCCCCCCCCCCCC)OC(=O)CCCCCCC/C=C\C/C=C\CCCCC. The summed E-state index contributed by atoms with van der Waals surface area (Å²) < 4.78 is 68.6. The van der Waals surface area contributed by atoms with Crippen molar-refractivity contribution in [3.63, 3.8) is 0 Å². The van der Waals surface area contributed by atoms with Gasteiger partial charge in [0, 0.05) is 25.7 Å². The van der Waals surface area contributed by atoms with Gasteiger partial charge >= 0.3 is 39.5 Å². The zero-order valence-electron chi connectivity index (χ0n) is 67.7. The number of phosphoric acid groups is 2. The second-order valence-electron chi connectivity index (χ2n) is 27.7. The molecule has 0 aromatic rings. The number of carbonyl (C=O) groups is 4. The number of hydrogen-bond donors (Lipinski definition) is 3. The van der Waals surface area contributed by atoms with Gasteiger partial charge in [-0.2, -0.15) is 0 Å². The molecule has 108 heavy (non-hydrogen) atoms. The molecular formula is C89H150O17P2. The Kier molecular flexibility index (Phi) is 76.3. The van der Waals surface area contributed by atoms with Crippen LogP contribution >= 0.6 is 15.6 Å². The molecular weight excluding hydrogens is 1400 g/mol. The maximum atomic E-state index is 13.1. The lowest BCUT2D eigenvalue weighted by Crippen LogP contribution is -2.30. The molecule has 0 aliphatic heterocycles. The highest BCUT2D eigenvalue weighted by Crippen LogP contribution is 2.45. The summed E-state index contributed by atoms with van der Waals surface area (Å²) in [6, 6.07) is 0. The molecule has 3 N–H and O–H groups in total. The van der Waals surface area contributed by atoms with Crippen LogP contribution in [0.25, 0.3) is 0 Å². The van der Waals surface area contributed by atoms with Crippen LogP contribution in [0.1, 0.15) is 336 Å². The van der Waals surface area contributed by atoms with Crippen molar-refractivity contribution in [1.82, 2.24) is 0 Å². The molecule has 618 valence electrons. The van der Waals surface area contributed by atoms with E-state index in [-0.39, 0.29) is 25.7 Å². The van der Waals surface area contributed by atoms with E-state index in [2.05, 4.69) is 155 Å². The van der Waals surface area contributed by atoms with Gasteiger partial charge in [0.05, 0.1) is 26.4 Å². The van der Waals surface area contributed by atoms with Crippen LogP contribution in [0.2, 0.25) is 0 Å². The molecule has 0 amide bonds. The van der Waals surface area contributed by atoms with Crippen molar-refractivity contribution in [2.24, 2.45) is 0 Å². The third-order valence-corrected chi connectivity index (χ3v) is 19.2. The minimum atomic E-state index is -5.01. The number of aliphatic hydroxyl groups excluding tert-OH is 1. The Labute approximate surface area is 656 Å². The van der Waals surface area contributed by atoms with Crippen LogP contribution in [0.15, 0.2) is 146 Å². The fraction of sp³-hybridized carbons (Fsp3) is 0.685. The quantitative estimate of drug-likeness (QED) is 0.0169. The van der Waals surface area contributed by atoms with Gasteiger partial charge in [-0.1, -0.05) is 315 Å². The zero-order chi connectivity index (χ0) is 78.9. The maximum absolute atomic E-state index is 13.1. The molecule has 0 radical (unpaired) electrons. The average molecular weight is 1550 g/mol. The van der Waals surface area contributed by atoms with Gasteiger partial charge in [0.1, 0.15) is 19.3 Å². The van der Waals surface area contributed by atoms with Gasteiger partial charge in [-0.15, -0.1) is 0 Å². The number of rotatable bonds is 78. The van der Waals surface area contributed by atoms with E-state index >= 15 is 0 Å². The molecule has 17 nitrogen and oxygen atoms in total. The summed E-state index contributed by atoms with van der Waals surface area (Å²) in [5.41, 5.74) is 0. The lowest BCUT2D eigenvalue weighted by molar-refractivity contribution is -0.161. The normalized spacial score (nSPS) is 14.5. The Bertz CT molecular complexity index is 2610. The highest BCUT2D eigenvalue weighted by Gasteiger charge is 2.30. The lowest BCUT2D eigenvalue weighted by Gasteiger charge is -2.21. The van der Waals surface area contributed by atoms with Crippen LogP contribution in [-0.2, 0) is 65.4 Å². The molecule has 0 heterocycles. The smallest absolute Gasteiger partial charge is 0.462 e. The standard InChI is InChI=1S/C89H150O17P2/c1-5-9-13-17-21-25-29-33-37-39-41-43-47-50-54-58-62-66-70-74-87(92)100-80-85(106-89(94)76-72-68-64-60-56-52-48-44-42-40-38-34-30-26-22-18-14-10-6-2)82-104-108(97,98)102-78-83(90)77-101-107(95,96)103-81-84(105-88(93)75-71-67-63-59-55-51-46-36-32-28-24-20-16-12-8-4)79-99-86(91)73-69-65-61-57-53-49-45-35-31-27-23-19-15-11-7-3/h10,14,21-22,24-26,28,33-34,36-38,41-44,46,50,52,54,56,62,66,83-85,90H,5-9,11-13,15-20,23,27,29-32,35,39-40,45,47-49,51,53,55,57-61,63-65,67-82H2,1-4H3,(H,95,96)(H,97,98)/b14-10-,25-21-,26-22-,28-24-,37-33-,38-34-,43-41-,44-42-,46-36-,54-50-,56-52-,66-62-/t83-,84+,85+/m0/s1. The van der Waals surface area contributed by atoms with Crippen molar-refractivity contribution in [3.05, 3.63) is 146 Å². The van der Waals surface area contributed by atoms with E-state index in [4.69, 9.17) is 37.0 Å². The van der Waals surface area contributed by atoms with Crippen molar-refractivity contribution in [2.75, 3.05) is 39.6 Å². The third-order valence-electron chi connectivity index (χ3n) is 17.3. The first kappa shape index (κ1) is 103. The number of aliphatic hydroxyl groups is 1. The Balaban J connectivity index is 5.49. The van der Waals surface area contributed by atoms with Gasteiger partial charge in [0.2, 0.25) is 0 Å². The molecule has 0 bridgehead atoms. The third kappa shape index (κ3) is 79.0. The Hall–Kier alpha value is -5.06. The van der Waals surface area contributed by atoms with Crippen molar-refractivity contribution < 1.29 is 80.2 Å². The largest absolute Gasteiger partial charge is 0.472 e. The molecule has 19 heteroatoms. The number of phosphoric ester groups is 2. The second kappa shape index (κ2) is 80.0. The van der Waals surface area contributed by atoms with Crippen LogP contribution in [0.3, 0.4) is 0 Å². The molecule has 0 saturated carbocycles. The first-order valence-corrected chi connectivity index (χ1v) is 45.1. The number of carbonyl (C=O) groups excluding carboxylic acids is 4. The van der Waals surface area contributed by atoms with E-state index in [9.17, 15) is 43.2 Å². The predicted octanol–water partition coefficient (Wildman–Crippen LogP) is 25.0. The molecule has 0 aromatic heterocycles. The van der Waals surface area contributed by atoms with Crippen LogP contribution in [0, 0.1) is 0 Å². The summed E-state index contributed by atoms with van der Waals surface area (Å²) in [5, 5.41) is 10.7. The molecule has 2 unspecified atom stereocenters. The summed E-state index contributed by atoms with van der Waals surface area (Å²) in [6.07, 6.45) is 92.5. The molecule has 0 aliphatic carbocycles. The Morgan fingerprint density at radius 2 is 0.500 bits per heavy atom. The first-order chi connectivity index (χ1) is 52.7. The van der Waals surface area contributed by atoms with Crippen LogP contribution in [0.5, 0.6) is 0 Å². The topological polar surface area (TPSA) is 237 Å². The van der Waals surface area contributed by atoms with Gasteiger partial charge in [-0.3, -0.25) is 37.3 Å². The molecule has 0 aromatic carbocycles. The predicted molar refractivity (Wildman–Crippen MR) is 445 cm³/mol. The summed E-state index contributed by atoms with van der Waals surface area (Å²) in [5.74, 6) is -2.32. The van der Waals surface area contributed by atoms with E-state index in [1.165, 1.54) is 109 Å². The van der Waals surface area contributed by atoms with Gasteiger partial charge < -0.3 is 33.8 Å². The molecule has 0 aliphatic rings. The lowest BCUT2D eigenvalue weighted by atomic mass is 10.0. The number of hydrogen-bond acceptors (Lipinski definition) is 15. The first-order valence-electron chi connectivity index (χ1n) is 42.1. The van der Waals surface area contributed by atoms with Crippen LogP contribution < -0.4 is 0 Å². The molecule has 0 saturated heterocycles. The van der Waals surface area contributed by atoms with Gasteiger partial charge in [0.15, 0.2) is 12.2 Å². The zero-order valence-corrected chi connectivity index (χ0v) is 69.5. The molecule has 5 atom stereocenters. The molecule has 0 rings (SSSR count). The number of esters is 4. The van der Waals surface area contributed by atoms with Gasteiger partial charge in [-0.25, -0.2) is 9.13 Å². The summed E-state index contributed by atoms with van der Waals surface area (Å²) in [4.78, 5) is 73.1. The van der Waals surface area contributed by atoms with E-state index in [0.717, 1.165) is 141 Å². The molecule has 0 spiro atoms. The van der Waals surface area contributed by atoms with Gasteiger partial charge in [0.25, 0.3) is 0 Å². The summed E-state index contributed by atoms with van der Waals surface area (Å²) >= 11 is 0. The molecule has 0 fully saturated rings. The van der Waals surface area contributed by atoms with Crippen LogP contribution in [0.4, 0.5) is 0 Å². The van der Waals surface area contributed by atoms with E-state index in [1.54, 1.807) is 0 Å². The van der Waals surface area contributed by atoms with Crippen molar-refractivity contribution >= 4 is 39.5 Å². The number of unbranched alkanes of at least 4 members (excludes halogenated alkanes) is 28. The summed E-state index contributed by atoms with van der Waals surface area (Å²) in [7, 11) is -10.0. The van der Waals surface area contributed by atoms with Crippen molar-refractivity contribution in [1.29, 1.82) is 0 Å². The Morgan fingerprint density at radius 3 is 0.824 bits per heavy atom. The van der Waals surface area contributed by atoms with Gasteiger partial charge in [-0.05, 0) is 141 Å². The van der Waals surface area contributed by atoms with E-state index < -0.39 is 97.5 Å². The number of allylic oxidation sites excluding steroid dienone is 24. The van der Waals surface area contributed by atoms with E-state index in [0.29, 0.717) is 32.1 Å². The fourth-order valence-corrected chi connectivity index (χ4v) is 12.5. The minimum absolute atomic E-state index is 0.0260. The van der Waals surface area contributed by atoms with E-state index in [1.807, 2.05) is 18.2 Å². The minimum Gasteiger partial charge on any atom is -0.462 e.